The van der Waals surface area contributed by atoms with Gasteiger partial charge in [-0.3, -0.25) is 4.79 Å². The Bertz CT molecular complexity index is 740. The quantitative estimate of drug-likeness (QED) is 0.353. The van der Waals surface area contributed by atoms with Crippen LogP contribution in [0.3, 0.4) is 0 Å². The summed E-state index contributed by atoms with van der Waals surface area (Å²) in [7, 11) is 0. The monoisotopic (exact) mass is 437 g/mol. The minimum absolute atomic E-state index is 0.0534. The molecule has 0 aromatic heterocycles. The molecule has 0 aliphatic carbocycles. The molecule has 0 fully saturated rings. The molecule has 0 saturated carbocycles. The number of amides is 1. The standard InChI is InChI=1S/C22H31NO8/c1-15(2)13-29-21(27)30-19(25)17(23-20(26)31-22(3,4)5)11-12-18(24)28-14-16-9-7-6-8-10-16/h6-10,15,17H,11-14H2,1-5H3,(H,23,26)/t17-/m0/s1. The van der Waals surface area contributed by atoms with Crippen LogP contribution in [0.25, 0.3) is 0 Å². The van der Waals surface area contributed by atoms with Crippen molar-refractivity contribution >= 4 is 24.2 Å². The van der Waals surface area contributed by atoms with E-state index in [2.05, 4.69) is 10.1 Å². The molecule has 0 bridgehead atoms. The van der Waals surface area contributed by atoms with Gasteiger partial charge in [0, 0.05) is 6.42 Å². The Labute approximate surface area is 182 Å². The first-order valence-corrected chi connectivity index (χ1v) is 10.0. The Balaban J connectivity index is 2.65. The van der Waals surface area contributed by atoms with Gasteiger partial charge < -0.3 is 24.3 Å². The van der Waals surface area contributed by atoms with Crippen molar-refractivity contribution in [3.8, 4) is 0 Å². The Morgan fingerprint density at radius 3 is 2.23 bits per heavy atom. The zero-order valence-corrected chi connectivity index (χ0v) is 18.6. The number of hydrogen-bond donors (Lipinski definition) is 1. The summed E-state index contributed by atoms with van der Waals surface area (Å²) in [6, 6.07) is 7.79. The van der Waals surface area contributed by atoms with Crippen molar-refractivity contribution in [1.29, 1.82) is 0 Å². The van der Waals surface area contributed by atoms with E-state index in [-0.39, 0.29) is 32.0 Å². The number of alkyl carbamates (subject to hydrolysis) is 1. The first-order valence-electron chi connectivity index (χ1n) is 10.0. The highest BCUT2D eigenvalue weighted by Crippen LogP contribution is 2.10. The van der Waals surface area contributed by atoms with Crippen LogP contribution in [0, 0.1) is 5.92 Å². The Kier molecular flexibility index (Phi) is 10.5. The van der Waals surface area contributed by atoms with Gasteiger partial charge in [-0.15, -0.1) is 0 Å². The second-order valence-electron chi connectivity index (χ2n) is 8.26. The topological polar surface area (TPSA) is 117 Å². The second kappa shape index (κ2) is 12.6. The first kappa shape index (κ1) is 25.9. The van der Waals surface area contributed by atoms with Gasteiger partial charge in [0.25, 0.3) is 0 Å². The summed E-state index contributed by atoms with van der Waals surface area (Å²) in [5, 5.41) is 2.32. The lowest BCUT2D eigenvalue weighted by Gasteiger charge is -2.22. The lowest BCUT2D eigenvalue weighted by molar-refractivity contribution is -0.146. The van der Waals surface area contributed by atoms with Crippen LogP contribution in [0.1, 0.15) is 53.0 Å². The molecule has 1 aromatic rings. The molecule has 0 aliphatic rings. The van der Waals surface area contributed by atoms with Crippen molar-refractivity contribution in [3.05, 3.63) is 35.9 Å². The molecule has 1 aromatic carbocycles. The maximum atomic E-state index is 12.3. The molecule has 172 valence electrons. The summed E-state index contributed by atoms with van der Waals surface area (Å²) in [4.78, 5) is 48.1. The molecule has 1 atom stereocenters. The summed E-state index contributed by atoms with van der Waals surface area (Å²) >= 11 is 0. The molecular formula is C22H31NO8. The van der Waals surface area contributed by atoms with Gasteiger partial charge in [-0.25, -0.2) is 14.4 Å². The molecule has 0 aliphatic heterocycles. The molecule has 0 saturated heterocycles. The number of nitrogens with one attached hydrogen (secondary N) is 1. The average Bonchev–Trinajstić information content (AvgIpc) is 2.67. The largest absolute Gasteiger partial charge is 0.516 e. The third-order valence-corrected chi connectivity index (χ3v) is 3.57. The highest BCUT2D eigenvalue weighted by Gasteiger charge is 2.28. The van der Waals surface area contributed by atoms with E-state index in [1.807, 2.05) is 32.0 Å². The van der Waals surface area contributed by atoms with Crippen LogP contribution in [-0.4, -0.2) is 42.4 Å². The molecule has 0 spiro atoms. The number of benzene rings is 1. The van der Waals surface area contributed by atoms with Gasteiger partial charge in [0.15, 0.2) is 0 Å². The number of carbonyl (C=O) groups is 4. The maximum Gasteiger partial charge on any atom is 0.516 e. The van der Waals surface area contributed by atoms with Crippen LogP contribution in [-0.2, 0) is 35.1 Å². The van der Waals surface area contributed by atoms with E-state index in [9.17, 15) is 19.2 Å². The minimum Gasteiger partial charge on any atom is -0.461 e. The summed E-state index contributed by atoms with van der Waals surface area (Å²) in [6.07, 6.45) is -2.41. The third kappa shape index (κ3) is 12.2. The highest BCUT2D eigenvalue weighted by molar-refractivity contribution is 5.88. The van der Waals surface area contributed by atoms with Crippen LogP contribution >= 0.6 is 0 Å². The highest BCUT2D eigenvalue weighted by atomic mass is 16.7. The van der Waals surface area contributed by atoms with Crippen LogP contribution in [0.4, 0.5) is 9.59 Å². The number of esters is 2. The number of hydrogen-bond acceptors (Lipinski definition) is 8. The van der Waals surface area contributed by atoms with Gasteiger partial charge in [-0.05, 0) is 38.7 Å². The molecule has 0 radical (unpaired) electrons. The van der Waals surface area contributed by atoms with Crippen LogP contribution in [0.15, 0.2) is 30.3 Å². The maximum absolute atomic E-state index is 12.3. The predicted molar refractivity (Wildman–Crippen MR) is 111 cm³/mol. The first-order chi connectivity index (χ1) is 14.5. The Morgan fingerprint density at radius 2 is 1.65 bits per heavy atom. The van der Waals surface area contributed by atoms with Crippen molar-refractivity contribution in [3.63, 3.8) is 0 Å². The Hall–Kier alpha value is -3.10. The average molecular weight is 437 g/mol. The van der Waals surface area contributed by atoms with E-state index in [0.29, 0.717) is 0 Å². The van der Waals surface area contributed by atoms with Crippen molar-refractivity contribution in [2.45, 2.75) is 65.7 Å². The van der Waals surface area contributed by atoms with Gasteiger partial charge in [-0.2, -0.15) is 0 Å². The van der Waals surface area contributed by atoms with E-state index in [4.69, 9.17) is 14.2 Å². The van der Waals surface area contributed by atoms with Gasteiger partial charge in [-0.1, -0.05) is 44.2 Å². The van der Waals surface area contributed by atoms with Crippen LogP contribution in [0.2, 0.25) is 0 Å². The number of ether oxygens (including phenoxy) is 4. The normalized spacial score (nSPS) is 11.9. The van der Waals surface area contributed by atoms with E-state index in [0.717, 1.165) is 5.56 Å². The number of carbonyl (C=O) groups excluding carboxylic acids is 4. The molecule has 1 amide bonds. The van der Waals surface area contributed by atoms with Crippen LogP contribution in [0.5, 0.6) is 0 Å². The summed E-state index contributed by atoms with van der Waals surface area (Å²) < 4.78 is 19.7. The van der Waals surface area contributed by atoms with E-state index < -0.39 is 35.8 Å². The van der Waals surface area contributed by atoms with Crippen molar-refractivity contribution in [2.75, 3.05) is 6.61 Å². The molecule has 31 heavy (non-hydrogen) atoms. The van der Waals surface area contributed by atoms with Gasteiger partial charge in [0.2, 0.25) is 0 Å². The second-order valence-corrected chi connectivity index (χ2v) is 8.26. The van der Waals surface area contributed by atoms with Gasteiger partial charge in [0.05, 0.1) is 6.61 Å². The molecule has 0 unspecified atom stereocenters. The molecule has 1 N–H and O–H groups in total. The zero-order chi connectivity index (χ0) is 23.4. The van der Waals surface area contributed by atoms with E-state index in [1.54, 1.807) is 32.9 Å². The molecule has 9 heteroatoms. The van der Waals surface area contributed by atoms with Crippen molar-refractivity contribution < 1.29 is 38.1 Å². The lowest BCUT2D eigenvalue weighted by atomic mass is 10.1. The molecule has 9 nitrogen and oxygen atoms in total. The van der Waals surface area contributed by atoms with Gasteiger partial charge >= 0.3 is 24.2 Å². The fraction of sp³-hybridized carbons (Fsp3) is 0.545. The fourth-order valence-corrected chi connectivity index (χ4v) is 2.19. The molecule has 0 heterocycles. The number of rotatable bonds is 9. The van der Waals surface area contributed by atoms with E-state index >= 15 is 0 Å². The third-order valence-electron chi connectivity index (χ3n) is 3.57. The summed E-state index contributed by atoms with van der Waals surface area (Å²) in [6.45, 7) is 8.77. The van der Waals surface area contributed by atoms with Crippen LogP contribution < -0.4 is 5.32 Å². The van der Waals surface area contributed by atoms with Gasteiger partial charge in [0.1, 0.15) is 18.2 Å². The smallest absolute Gasteiger partial charge is 0.461 e. The lowest BCUT2D eigenvalue weighted by Crippen LogP contribution is -2.45. The van der Waals surface area contributed by atoms with Crippen molar-refractivity contribution in [1.82, 2.24) is 5.32 Å². The SMILES string of the molecule is CC(C)COC(=O)OC(=O)[C@H](CCC(=O)OCc1ccccc1)NC(=O)OC(C)(C)C. The van der Waals surface area contributed by atoms with E-state index in [1.165, 1.54) is 0 Å². The summed E-state index contributed by atoms with van der Waals surface area (Å²) in [5.74, 6) is -1.58. The van der Waals surface area contributed by atoms with Crippen molar-refractivity contribution in [2.24, 2.45) is 5.92 Å². The minimum atomic E-state index is -1.30. The molecular weight excluding hydrogens is 406 g/mol. The fourth-order valence-electron chi connectivity index (χ4n) is 2.19. The predicted octanol–water partition coefficient (Wildman–Crippen LogP) is 3.74. The molecule has 1 rings (SSSR count). The Morgan fingerprint density at radius 1 is 1.00 bits per heavy atom. The summed E-state index contributed by atoms with van der Waals surface area (Å²) in [5.41, 5.74) is 0.00942. The zero-order valence-electron chi connectivity index (χ0n) is 18.6.